The highest BCUT2D eigenvalue weighted by Crippen LogP contribution is 2.74. The third-order valence-electron chi connectivity index (χ3n) is 18.5. The Balaban J connectivity index is 0.957. The van der Waals surface area contributed by atoms with Crippen LogP contribution in [0.15, 0.2) is 35.4 Å². The maximum atomic E-state index is 14.1. The van der Waals surface area contributed by atoms with Crippen LogP contribution < -0.4 is 10.2 Å². The number of amides is 1. The van der Waals surface area contributed by atoms with E-state index >= 15 is 0 Å². The molecule has 5 saturated carbocycles. The van der Waals surface area contributed by atoms with Crippen LogP contribution in [0.2, 0.25) is 0 Å². The van der Waals surface area contributed by atoms with Gasteiger partial charge in [0.15, 0.2) is 5.78 Å². The van der Waals surface area contributed by atoms with E-state index in [2.05, 4.69) is 51.8 Å². The SMILES string of the molecule is CC(C)C1=C2C3CCC4C(C)(CCC5C(C)(C)C(CC(=O)C6CC(C(=O)O)C6C)CCC54C)C3CCC2(CCNC(=O)c2ccc(N3CCS(=O)CC3)cc2)CC1=O. The molecule has 1 amide bonds. The number of ketones is 2. The summed E-state index contributed by atoms with van der Waals surface area (Å²) in [6.45, 7) is 18.6. The molecule has 0 spiro atoms. The average molecular weight is 815 g/mol. The van der Waals surface area contributed by atoms with Crippen LogP contribution in [0.4, 0.5) is 5.69 Å². The number of allylic oxidation sites excluding steroid dienone is 2. The number of carbonyl (C=O) groups is 4. The number of nitrogens with zero attached hydrogens (tertiary/aromatic N) is 1. The largest absolute Gasteiger partial charge is 0.481 e. The minimum atomic E-state index is -0.762. The van der Waals surface area contributed by atoms with Gasteiger partial charge in [-0.05, 0) is 152 Å². The number of nitrogens with one attached hydrogen (secondary N) is 1. The van der Waals surface area contributed by atoms with Crippen molar-refractivity contribution < 1.29 is 28.5 Å². The first-order valence-corrected chi connectivity index (χ1v) is 24.4. The summed E-state index contributed by atoms with van der Waals surface area (Å²) >= 11 is 0. The zero-order chi connectivity index (χ0) is 41.5. The summed E-state index contributed by atoms with van der Waals surface area (Å²) in [6.07, 6.45) is 11.5. The lowest BCUT2D eigenvalue weighted by Gasteiger charge is -2.69. The van der Waals surface area contributed by atoms with Crippen molar-refractivity contribution in [2.75, 3.05) is 36.0 Å². The van der Waals surface area contributed by atoms with E-state index in [0.717, 1.165) is 62.9 Å². The minimum Gasteiger partial charge on any atom is -0.481 e. The summed E-state index contributed by atoms with van der Waals surface area (Å²) < 4.78 is 11.8. The molecule has 11 unspecified atom stereocenters. The summed E-state index contributed by atoms with van der Waals surface area (Å²) in [5.41, 5.74) is 4.53. The predicted molar refractivity (Wildman–Crippen MR) is 230 cm³/mol. The summed E-state index contributed by atoms with van der Waals surface area (Å²) in [7, 11) is -0.730. The molecule has 8 nitrogen and oxygen atoms in total. The molecule has 6 fully saturated rings. The van der Waals surface area contributed by atoms with Crippen LogP contribution in [0.5, 0.6) is 0 Å². The van der Waals surface area contributed by atoms with E-state index in [1.54, 1.807) is 0 Å². The molecule has 1 aliphatic heterocycles. The first-order chi connectivity index (χ1) is 27.4. The summed E-state index contributed by atoms with van der Waals surface area (Å²) in [5.74, 6) is 3.26. The standard InChI is InChI=1S/C49H70N2O6S/c1-29(2)42-39(53)28-49(20-21-50-44(54)31-8-10-33(11-9-31)51-22-24-58(57)25-23-51)19-15-37-34(43(42)49)12-13-41-47(37,6)18-16-40-46(4,5)32(14-17-48(40,41)7)26-38(52)35-27-36(30(35)3)45(55)56/h8-11,29-30,32,34-37,40-41H,12-28H2,1-7H3,(H,50,54)(H,55,56). The number of hydrogen-bond acceptors (Lipinski definition) is 6. The van der Waals surface area contributed by atoms with Gasteiger partial charge in [0.1, 0.15) is 5.78 Å². The quantitative estimate of drug-likeness (QED) is 0.242. The highest BCUT2D eigenvalue weighted by Gasteiger charge is 2.66. The van der Waals surface area contributed by atoms with Crippen molar-refractivity contribution in [3.63, 3.8) is 0 Å². The fraction of sp³-hybridized carbons (Fsp3) is 0.755. The summed E-state index contributed by atoms with van der Waals surface area (Å²) in [4.78, 5) is 55.0. The number of anilines is 1. The predicted octanol–water partition coefficient (Wildman–Crippen LogP) is 8.90. The maximum absolute atomic E-state index is 14.1. The van der Waals surface area contributed by atoms with Crippen LogP contribution in [0.3, 0.4) is 0 Å². The van der Waals surface area contributed by atoms with Crippen molar-refractivity contribution in [3.8, 4) is 0 Å². The number of aliphatic carboxylic acids is 1. The van der Waals surface area contributed by atoms with Gasteiger partial charge in [-0.15, -0.1) is 0 Å². The summed E-state index contributed by atoms with van der Waals surface area (Å²) in [6, 6.07) is 7.80. The fourth-order valence-electron chi connectivity index (χ4n) is 15.4. The highest BCUT2D eigenvalue weighted by atomic mass is 32.2. The Labute approximate surface area is 350 Å². The molecular formula is C49H70N2O6S. The van der Waals surface area contributed by atoms with Crippen LogP contribution in [-0.4, -0.2) is 63.9 Å². The number of carboxylic acid groups (broad SMARTS) is 1. The molecule has 8 rings (SSSR count). The van der Waals surface area contributed by atoms with Crippen LogP contribution in [-0.2, 0) is 25.2 Å². The Morgan fingerprint density at radius 3 is 2.24 bits per heavy atom. The van der Waals surface area contributed by atoms with Crippen molar-refractivity contribution in [1.29, 1.82) is 0 Å². The van der Waals surface area contributed by atoms with Gasteiger partial charge in [-0.3, -0.25) is 23.4 Å². The lowest BCUT2D eigenvalue weighted by molar-refractivity contribution is -0.193. The molecule has 58 heavy (non-hydrogen) atoms. The molecule has 318 valence electrons. The first-order valence-electron chi connectivity index (χ1n) is 22.9. The van der Waals surface area contributed by atoms with Gasteiger partial charge in [0.25, 0.3) is 5.91 Å². The molecule has 0 aromatic heterocycles. The van der Waals surface area contributed by atoms with Crippen LogP contribution in [0.25, 0.3) is 0 Å². The molecule has 1 aromatic rings. The third-order valence-corrected chi connectivity index (χ3v) is 19.8. The van der Waals surface area contributed by atoms with Gasteiger partial charge in [-0.25, -0.2) is 0 Å². The number of carbonyl (C=O) groups excluding carboxylic acids is 3. The van der Waals surface area contributed by atoms with Crippen LogP contribution >= 0.6 is 0 Å². The van der Waals surface area contributed by atoms with Gasteiger partial charge in [-0.2, -0.15) is 0 Å². The van der Waals surface area contributed by atoms with Gasteiger partial charge < -0.3 is 15.3 Å². The molecule has 7 aliphatic rings. The normalized spacial score (nSPS) is 39.6. The number of hydrogen-bond donors (Lipinski definition) is 2. The van der Waals surface area contributed by atoms with E-state index < -0.39 is 16.8 Å². The third kappa shape index (κ3) is 6.78. The Morgan fingerprint density at radius 1 is 0.897 bits per heavy atom. The van der Waals surface area contributed by atoms with Crippen molar-refractivity contribution in [3.05, 3.63) is 41.0 Å². The van der Waals surface area contributed by atoms with Gasteiger partial charge in [0, 0.05) is 77.4 Å². The minimum absolute atomic E-state index is 0.0371. The first kappa shape index (κ1) is 41.9. The number of rotatable bonds is 10. The number of Topliss-reactive ketones (excluding diaryl/α,β-unsaturated/α-hetero) is 2. The van der Waals surface area contributed by atoms with E-state index in [9.17, 15) is 28.5 Å². The van der Waals surface area contributed by atoms with Crippen LogP contribution in [0.1, 0.15) is 136 Å². The second-order valence-corrected chi connectivity index (χ2v) is 23.3. The second-order valence-electron chi connectivity index (χ2n) is 21.6. The molecule has 0 bridgehead atoms. The molecule has 0 radical (unpaired) electrons. The molecule has 1 aromatic carbocycles. The smallest absolute Gasteiger partial charge is 0.306 e. The Bertz CT molecular complexity index is 1880. The number of fused-ring (bicyclic) bond motifs is 7. The number of carboxylic acids is 1. The average Bonchev–Trinajstić information content (AvgIpc) is 3.47. The van der Waals surface area contributed by atoms with Crippen molar-refractivity contribution in [2.24, 2.45) is 74.9 Å². The molecule has 6 aliphatic carbocycles. The van der Waals surface area contributed by atoms with Gasteiger partial charge >= 0.3 is 5.97 Å². The van der Waals surface area contributed by atoms with E-state index in [1.807, 2.05) is 31.2 Å². The number of benzene rings is 1. The zero-order valence-electron chi connectivity index (χ0n) is 36.4. The zero-order valence-corrected chi connectivity index (χ0v) is 37.2. The van der Waals surface area contributed by atoms with E-state index in [0.29, 0.717) is 84.0 Å². The molecule has 1 heterocycles. The Hall–Kier alpha value is -2.81. The molecule has 11 atom stereocenters. The Kier molecular flexibility index (Phi) is 11.0. The lowest BCUT2D eigenvalue weighted by Crippen LogP contribution is -2.62. The van der Waals surface area contributed by atoms with E-state index in [4.69, 9.17) is 0 Å². The molecular weight excluding hydrogens is 745 g/mol. The van der Waals surface area contributed by atoms with E-state index in [-0.39, 0.29) is 51.2 Å². The van der Waals surface area contributed by atoms with Crippen molar-refractivity contribution >= 4 is 39.9 Å². The van der Waals surface area contributed by atoms with Gasteiger partial charge in [0.05, 0.1) is 5.92 Å². The molecule has 2 N–H and O–H groups in total. The highest BCUT2D eigenvalue weighted by molar-refractivity contribution is 7.85. The second kappa shape index (κ2) is 15.3. The fourth-order valence-corrected chi connectivity index (χ4v) is 16.4. The summed E-state index contributed by atoms with van der Waals surface area (Å²) in [5, 5.41) is 12.8. The lowest BCUT2D eigenvalue weighted by atomic mass is 9.35. The monoisotopic (exact) mass is 814 g/mol. The van der Waals surface area contributed by atoms with Gasteiger partial charge in [-0.1, -0.05) is 54.0 Å². The topological polar surface area (TPSA) is 121 Å². The molecule has 1 saturated heterocycles. The van der Waals surface area contributed by atoms with Crippen molar-refractivity contribution in [1.82, 2.24) is 5.32 Å². The van der Waals surface area contributed by atoms with E-state index in [1.165, 1.54) is 24.8 Å². The maximum Gasteiger partial charge on any atom is 0.306 e. The van der Waals surface area contributed by atoms with Crippen molar-refractivity contribution in [2.45, 2.75) is 126 Å². The molecule has 9 heteroatoms. The van der Waals surface area contributed by atoms with Crippen LogP contribution in [0, 0.1) is 74.9 Å². The Morgan fingerprint density at radius 2 is 1.59 bits per heavy atom. The van der Waals surface area contributed by atoms with Gasteiger partial charge in [0.2, 0.25) is 0 Å².